The van der Waals surface area contributed by atoms with E-state index in [1.807, 2.05) is 6.07 Å². The molecule has 1 fully saturated rings. The molecule has 19 heavy (non-hydrogen) atoms. The maximum absolute atomic E-state index is 13.3. The van der Waals surface area contributed by atoms with Crippen LogP contribution in [0, 0.1) is 11.7 Å². The summed E-state index contributed by atoms with van der Waals surface area (Å²) in [5, 5.41) is 3.41. The van der Waals surface area contributed by atoms with Crippen LogP contribution in [0.5, 0.6) is 0 Å². The Kier molecular flexibility index (Phi) is 4.02. The molecule has 3 rings (SSSR count). The summed E-state index contributed by atoms with van der Waals surface area (Å²) in [6, 6.07) is 5.22. The van der Waals surface area contributed by atoms with Gasteiger partial charge < -0.3 is 10.2 Å². The van der Waals surface area contributed by atoms with Gasteiger partial charge in [-0.1, -0.05) is 6.07 Å². The van der Waals surface area contributed by atoms with Gasteiger partial charge in [-0.3, -0.25) is 0 Å². The minimum atomic E-state index is -0.107. The monoisotopic (exact) mass is 262 g/mol. The number of nitrogens with one attached hydrogen (secondary N) is 1. The molecule has 1 saturated heterocycles. The number of benzene rings is 1. The minimum Gasteiger partial charge on any atom is -0.371 e. The molecule has 0 atom stereocenters. The molecule has 0 spiro atoms. The van der Waals surface area contributed by atoms with Crippen molar-refractivity contribution in [3.05, 3.63) is 29.6 Å². The van der Waals surface area contributed by atoms with E-state index in [0.29, 0.717) is 0 Å². The molecule has 2 aliphatic rings. The largest absolute Gasteiger partial charge is 0.371 e. The van der Waals surface area contributed by atoms with E-state index < -0.39 is 0 Å². The number of fused-ring (bicyclic) bond motifs is 1. The van der Waals surface area contributed by atoms with E-state index in [1.165, 1.54) is 44.3 Å². The first-order valence-corrected chi connectivity index (χ1v) is 7.57. The summed E-state index contributed by atoms with van der Waals surface area (Å²) in [6.45, 7) is 4.51. The van der Waals surface area contributed by atoms with Crippen molar-refractivity contribution in [1.82, 2.24) is 5.32 Å². The molecule has 2 nitrogen and oxygen atoms in total. The zero-order chi connectivity index (χ0) is 13.1. The van der Waals surface area contributed by atoms with Gasteiger partial charge in [-0.25, -0.2) is 4.39 Å². The van der Waals surface area contributed by atoms with Crippen LogP contribution >= 0.6 is 0 Å². The smallest absolute Gasteiger partial charge is 0.125 e. The van der Waals surface area contributed by atoms with Crippen LogP contribution in [0.15, 0.2) is 18.2 Å². The Morgan fingerprint density at radius 2 is 2.11 bits per heavy atom. The van der Waals surface area contributed by atoms with Crippen molar-refractivity contribution in [3.63, 3.8) is 0 Å². The summed E-state index contributed by atoms with van der Waals surface area (Å²) >= 11 is 0. The van der Waals surface area contributed by atoms with Gasteiger partial charge in [-0.2, -0.15) is 0 Å². The van der Waals surface area contributed by atoms with E-state index in [-0.39, 0.29) is 5.82 Å². The highest BCUT2D eigenvalue weighted by Gasteiger charge is 2.20. The van der Waals surface area contributed by atoms with Crippen LogP contribution < -0.4 is 10.2 Å². The Bertz CT molecular complexity index is 427. The van der Waals surface area contributed by atoms with Gasteiger partial charge in [0.1, 0.15) is 5.82 Å². The molecule has 0 aliphatic carbocycles. The molecule has 0 radical (unpaired) electrons. The zero-order valence-electron chi connectivity index (χ0n) is 11.5. The topological polar surface area (TPSA) is 15.3 Å². The Morgan fingerprint density at radius 3 is 2.95 bits per heavy atom. The molecule has 0 unspecified atom stereocenters. The molecular weight excluding hydrogens is 239 g/mol. The highest BCUT2D eigenvalue weighted by molar-refractivity contribution is 5.58. The molecule has 1 aromatic carbocycles. The predicted molar refractivity (Wildman–Crippen MR) is 77.1 cm³/mol. The van der Waals surface area contributed by atoms with Crippen molar-refractivity contribution < 1.29 is 4.39 Å². The number of halogens is 1. The van der Waals surface area contributed by atoms with Gasteiger partial charge in [0.15, 0.2) is 0 Å². The SMILES string of the molecule is Fc1ccc2c(c1)N(CCCC1CCNCC1)CC2. The average Bonchev–Trinajstić information content (AvgIpc) is 2.83. The second-order valence-electron chi connectivity index (χ2n) is 5.85. The summed E-state index contributed by atoms with van der Waals surface area (Å²) in [6.07, 6.45) is 6.28. The highest BCUT2D eigenvalue weighted by Crippen LogP contribution is 2.29. The number of hydrogen-bond donors (Lipinski definition) is 1. The van der Waals surface area contributed by atoms with Crippen molar-refractivity contribution in [2.45, 2.75) is 32.1 Å². The van der Waals surface area contributed by atoms with Crippen molar-refractivity contribution in [2.24, 2.45) is 5.92 Å². The van der Waals surface area contributed by atoms with Gasteiger partial charge in [-0.05, 0) is 68.8 Å². The first kappa shape index (κ1) is 12.9. The predicted octanol–water partition coefficient (Wildman–Crippen LogP) is 2.97. The van der Waals surface area contributed by atoms with Crippen molar-refractivity contribution in [2.75, 3.05) is 31.1 Å². The molecule has 0 saturated carbocycles. The minimum absolute atomic E-state index is 0.107. The first-order valence-electron chi connectivity index (χ1n) is 7.57. The molecule has 104 valence electrons. The van der Waals surface area contributed by atoms with Crippen LogP contribution in [0.3, 0.4) is 0 Å². The zero-order valence-corrected chi connectivity index (χ0v) is 11.5. The molecular formula is C16H23FN2. The second kappa shape index (κ2) is 5.91. The molecule has 2 heterocycles. The van der Waals surface area contributed by atoms with Crippen LogP contribution in [0.2, 0.25) is 0 Å². The Labute approximate surface area is 115 Å². The third-order valence-electron chi connectivity index (χ3n) is 4.54. The van der Waals surface area contributed by atoms with Gasteiger partial charge in [0.25, 0.3) is 0 Å². The molecule has 1 aromatic rings. The Hall–Kier alpha value is -1.09. The maximum Gasteiger partial charge on any atom is 0.125 e. The van der Waals surface area contributed by atoms with Crippen LogP contribution in [-0.2, 0) is 6.42 Å². The number of hydrogen-bond acceptors (Lipinski definition) is 2. The van der Waals surface area contributed by atoms with E-state index in [1.54, 1.807) is 12.1 Å². The summed E-state index contributed by atoms with van der Waals surface area (Å²) < 4.78 is 13.3. The molecule has 1 N–H and O–H groups in total. The molecule has 0 aromatic heterocycles. The fourth-order valence-electron chi connectivity index (χ4n) is 3.39. The van der Waals surface area contributed by atoms with E-state index >= 15 is 0 Å². The third kappa shape index (κ3) is 3.08. The lowest BCUT2D eigenvalue weighted by molar-refractivity contribution is 0.348. The fourth-order valence-corrected chi connectivity index (χ4v) is 3.39. The van der Waals surface area contributed by atoms with Gasteiger partial charge in [-0.15, -0.1) is 0 Å². The number of piperidine rings is 1. The summed E-state index contributed by atoms with van der Waals surface area (Å²) in [4.78, 5) is 2.36. The molecule has 3 heteroatoms. The van der Waals surface area contributed by atoms with Gasteiger partial charge >= 0.3 is 0 Å². The molecule has 0 bridgehead atoms. The number of rotatable bonds is 4. The molecule has 2 aliphatic heterocycles. The van der Waals surface area contributed by atoms with Crippen molar-refractivity contribution in [1.29, 1.82) is 0 Å². The highest BCUT2D eigenvalue weighted by atomic mass is 19.1. The quantitative estimate of drug-likeness (QED) is 0.897. The lowest BCUT2D eigenvalue weighted by Gasteiger charge is -2.24. The lowest BCUT2D eigenvalue weighted by atomic mass is 9.93. The van der Waals surface area contributed by atoms with E-state index in [4.69, 9.17) is 0 Å². The first-order chi connectivity index (χ1) is 9.33. The summed E-state index contributed by atoms with van der Waals surface area (Å²) in [7, 11) is 0. The molecule has 0 amide bonds. The third-order valence-corrected chi connectivity index (χ3v) is 4.54. The Balaban J connectivity index is 1.50. The van der Waals surface area contributed by atoms with Gasteiger partial charge in [0, 0.05) is 18.8 Å². The van der Waals surface area contributed by atoms with Crippen molar-refractivity contribution in [3.8, 4) is 0 Å². The Morgan fingerprint density at radius 1 is 1.26 bits per heavy atom. The maximum atomic E-state index is 13.3. The number of anilines is 1. The van der Waals surface area contributed by atoms with E-state index in [2.05, 4.69) is 10.2 Å². The average molecular weight is 262 g/mol. The normalized spacial score (nSPS) is 19.7. The second-order valence-corrected chi connectivity index (χ2v) is 5.85. The van der Waals surface area contributed by atoms with Crippen LogP contribution in [0.25, 0.3) is 0 Å². The van der Waals surface area contributed by atoms with Crippen LogP contribution in [0.1, 0.15) is 31.2 Å². The van der Waals surface area contributed by atoms with Gasteiger partial charge in [0.05, 0.1) is 0 Å². The summed E-state index contributed by atoms with van der Waals surface area (Å²) in [5.74, 6) is 0.792. The number of nitrogens with zero attached hydrogens (tertiary/aromatic N) is 1. The fraction of sp³-hybridized carbons (Fsp3) is 0.625. The van der Waals surface area contributed by atoms with Crippen molar-refractivity contribution >= 4 is 5.69 Å². The standard InChI is InChI=1S/C16H23FN2/c17-15-4-3-14-7-11-19(16(14)12-15)10-1-2-13-5-8-18-9-6-13/h3-4,12-13,18H,1-2,5-11H2. The van der Waals surface area contributed by atoms with E-state index in [9.17, 15) is 4.39 Å². The van der Waals surface area contributed by atoms with Crippen LogP contribution in [0.4, 0.5) is 10.1 Å². The summed E-state index contributed by atoms with van der Waals surface area (Å²) in [5.41, 5.74) is 2.44. The lowest BCUT2D eigenvalue weighted by Crippen LogP contribution is -2.28. The van der Waals surface area contributed by atoms with E-state index in [0.717, 1.165) is 31.1 Å². The van der Waals surface area contributed by atoms with Gasteiger partial charge in [0.2, 0.25) is 0 Å². The van der Waals surface area contributed by atoms with Crippen LogP contribution in [-0.4, -0.2) is 26.2 Å².